The van der Waals surface area contributed by atoms with Crippen molar-refractivity contribution < 1.29 is 26.9 Å². The highest BCUT2D eigenvalue weighted by Crippen LogP contribution is 2.21. The Bertz CT molecular complexity index is 547. The van der Waals surface area contributed by atoms with Crippen LogP contribution in [0.3, 0.4) is 0 Å². The number of hydrogen-bond donors (Lipinski definition) is 1. The second-order valence-corrected chi connectivity index (χ2v) is 3.17. The Kier molecular flexibility index (Phi) is 4.39. The van der Waals surface area contributed by atoms with E-state index in [1.54, 1.807) is 12.1 Å². The molecule has 0 fully saturated rings. The number of nitrogens with zero attached hydrogens (tertiary/aromatic N) is 3. The molecule has 0 amide bonds. The largest absolute Gasteiger partial charge is 1.00 e. The Balaban J connectivity index is 0.00000162. The molecule has 0 saturated heterocycles. The third kappa shape index (κ3) is 3.05. The summed E-state index contributed by atoms with van der Waals surface area (Å²) in [5.74, 6) is -0.0766. The van der Waals surface area contributed by atoms with Crippen molar-refractivity contribution in [2.24, 2.45) is 0 Å². The molecule has 0 aliphatic carbocycles. The number of aromatic nitrogens is 2. The third-order valence-corrected chi connectivity index (χ3v) is 1.97. The molecule has 0 aliphatic rings. The summed E-state index contributed by atoms with van der Waals surface area (Å²) in [6.07, 6.45) is 4.49. The molecule has 2 rings (SSSR count). The monoisotopic (exact) mass is 268 g/mol. The number of nitrogen functional groups attached to an aromatic ring is 1. The summed E-state index contributed by atoms with van der Waals surface area (Å²) < 4.78 is 1.28. The number of pyridine rings is 2. The van der Waals surface area contributed by atoms with E-state index in [4.69, 9.17) is 10.6 Å². The van der Waals surface area contributed by atoms with Crippen molar-refractivity contribution in [3.05, 3.63) is 53.0 Å². The minimum absolute atomic E-state index is 0. The SMILES string of the molecule is Nc1cc[n+](Oc2ncccc2[N+](=O)[O-])cc1.[Cl-]. The van der Waals surface area contributed by atoms with Crippen LogP contribution in [0.25, 0.3) is 0 Å². The van der Waals surface area contributed by atoms with Crippen LogP contribution >= 0.6 is 0 Å². The number of anilines is 1. The maximum Gasteiger partial charge on any atom is 0.373 e. The van der Waals surface area contributed by atoms with E-state index in [0.717, 1.165) is 0 Å². The Hall–Kier alpha value is -2.41. The Labute approximate surface area is 108 Å². The van der Waals surface area contributed by atoms with Crippen LogP contribution < -0.4 is 27.7 Å². The van der Waals surface area contributed by atoms with Crippen LogP contribution in [0, 0.1) is 10.1 Å². The van der Waals surface area contributed by atoms with Crippen LogP contribution in [0.1, 0.15) is 0 Å². The van der Waals surface area contributed by atoms with E-state index in [1.807, 2.05) is 0 Å². The van der Waals surface area contributed by atoms with Gasteiger partial charge in [-0.1, -0.05) is 0 Å². The standard InChI is InChI=1S/C10H8N4O3.ClH/c11-8-3-6-13(7-4-8)17-10-9(14(15)16)2-1-5-12-10;/h1-7,11H;1H. The van der Waals surface area contributed by atoms with Gasteiger partial charge in [0.15, 0.2) is 0 Å². The van der Waals surface area contributed by atoms with E-state index in [2.05, 4.69) is 4.98 Å². The highest BCUT2D eigenvalue weighted by molar-refractivity contribution is 5.39. The first-order valence-electron chi connectivity index (χ1n) is 4.71. The normalized spacial score (nSPS) is 9.33. The molecule has 0 atom stereocenters. The molecule has 0 spiro atoms. The molecule has 94 valence electrons. The first kappa shape index (κ1) is 13.7. The topological polar surface area (TPSA) is 95.2 Å². The average molecular weight is 269 g/mol. The molecule has 7 nitrogen and oxygen atoms in total. The summed E-state index contributed by atoms with van der Waals surface area (Å²) in [5, 5.41) is 10.7. The molecular formula is C10H9ClN4O3. The number of halogens is 1. The minimum atomic E-state index is -0.555. The van der Waals surface area contributed by atoms with Gasteiger partial charge in [-0.25, -0.2) is 9.82 Å². The van der Waals surface area contributed by atoms with Crippen LogP contribution in [0.2, 0.25) is 0 Å². The molecule has 2 heterocycles. The lowest BCUT2D eigenvalue weighted by Crippen LogP contribution is -3.00. The van der Waals surface area contributed by atoms with Gasteiger partial charge in [0.1, 0.15) is 0 Å². The van der Waals surface area contributed by atoms with Crippen LogP contribution in [-0.2, 0) is 0 Å². The molecule has 0 aromatic carbocycles. The van der Waals surface area contributed by atoms with Crippen LogP contribution in [0.5, 0.6) is 5.88 Å². The highest BCUT2D eigenvalue weighted by atomic mass is 35.5. The van der Waals surface area contributed by atoms with Crippen LogP contribution in [0.4, 0.5) is 11.4 Å². The second-order valence-electron chi connectivity index (χ2n) is 3.17. The second kappa shape index (κ2) is 5.78. The average Bonchev–Trinajstić information content (AvgIpc) is 2.32. The zero-order valence-corrected chi connectivity index (χ0v) is 9.82. The van der Waals surface area contributed by atoms with Crippen molar-refractivity contribution in [2.75, 3.05) is 5.73 Å². The van der Waals surface area contributed by atoms with Crippen molar-refractivity contribution in [3.63, 3.8) is 0 Å². The summed E-state index contributed by atoms with van der Waals surface area (Å²) in [7, 11) is 0. The molecule has 8 heteroatoms. The molecule has 2 N–H and O–H groups in total. The molecule has 0 unspecified atom stereocenters. The van der Waals surface area contributed by atoms with Gasteiger partial charge >= 0.3 is 11.6 Å². The van der Waals surface area contributed by atoms with Gasteiger partial charge in [-0.15, -0.1) is 0 Å². The summed E-state index contributed by atoms with van der Waals surface area (Å²) in [4.78, 5) is 19.2. The van der Waals surface area contributed by atoms with E-state index in [-0.39, 0.29) is 24.0 Å². The first-order chi connectivity index (χ1) is 8.16. The maximum atomic E-state index is 10.7. The fourth-order valence-corrected chi connectivity index (χ4v) is 1.18. The summed E-state index contributed by atoms with van der Waals surface area (Å²) >= 11 is 0. The lowest BCUT2D eigenvalue weighted by atomic mass is 10.4. The lowest BCUT2D eigenvalue weighted by Gasteiger charge is -1.97. The van der Waals surface area contributed by atoms with Crippen molar-refractivity contribution in [3.8, 4) is 5.88 Å². The third-order valence-electron chi connectivity index (χ3n) is 1.97. The highest BCUT2D eigenvalue weighted by Gasteiger charge is 2.20. The van der Waals surface area contributed by atoms with Crippen molar-refractivity contribution in [1.29, 1.82) is 0 Å². The van der Waals surface area contributed by atoms with Gasteiger partial charge in [-0.3, -0.25) is 10.1 Å². The van der Waals surface area contributed by atoms with Crippen LogP contribution in [-0.4, -0.2) is 9.91 Å². The minimum Gasteiger partial charge on any atom is -1.00 e. The van der Waals surface area contributed by atoms with Crippen molar-refractivity contribution in [1.82, 2.24) is 4.98 Å². The predicted molar refractivity (Wildman–Crippen MR) is 58.0 cm³/mol. The molecule has 2 aromatic heterocycles. The molecule has 0 bridgehead atoms. The summed E-state index contributed by atoms with van der Waals surface area (Å²) in [6, 6.07) is 6.00. The molecule has 0 aliphatic heterocycles. The van der Waals surface area contributed by atoms with E-state index >= 15 is 0 Å². The Morgan fingerprint density at radius 2 is 2.00 bits per heavy atom. The molecular weight excluding hydrogens is 260 g/mol. The molecule has 0 saturated carbocycles. The summed E-state index contributed by atoms with van der Waals surface area (Å²) in [5.41, 5.74) is 5.88. The quantitative estimate of drug-likeness (QED) is 0.384. The zero-order chi connectivity index (χ0) is 12.3. The first-order valence-corrected chi connectivity index (χ1v) is 4.71. The smallest absolute Gasteiger partial charge is 0.373 e. The van der Waals surface area contributed by atoms with Gasteiger partial charge in [-0.05, 0) is 6.07 Å². The van der Waals surface area contributed by atoms with Gasteiger partial charge in [-0.2, -0.15) is 0 Å². The number of nitro groups is 1. The lowest BCUT2D eigenvalue weighted by molar-refractivity contribution is -0.876. The molecule has 2 aromatic rings. The van der Waals surface area contributed by atoms with Crippen molar-refractivity contribution >= 4 is 11.4 Å². The molecule has 18 heavy (non-hydrogen) atoms. The van der Waals surface area contributed by atoms with Gasteiger partial charge in [0.2, 0.25) is 12.4 Å². The maximum absolute atomic E-state index is 10.7. The predicted octanol–water partition coefficient (Wildman–Crippen LogP) is -2.29. The van der Waals surface area contributed by atoms with Gasteiger partial charge in [0.25, 0.3) is 0 Å². The fraction of sp³-hybridized carbons (Fsp3) is 0. The Morgan fingerprint density at radius 3 is 2.61 bits per heavy atom. The van der Waals surface area contributed by atoms with Gasteiger partial charge < -0.3 is 18.1 Å². The van der Waals surface area contributed by atoms with Crippen molar-refractivity contribution in [2.45, 2.75) is 0 Å². The number of hydrogen-bond acceptors (Lipinski definition) is 5. The van der Waals surface area contributed by atoms with E-state index < -0.39 is 4.92 Å². The van der Waals surface area contributed by atoms with E-state index in [9.17, 15) is 10.1 Å². The number of nitrogens with two attached hydrogens (primary N) is 1. The van der Waals surface area contributed by atoms with E-state index in [0.29, 0.717) is 5.69 Å². The Morgan fingerprint density at radius 1 is 1.33 bits per heavy atom. The number of rotatable bonds is 3. The van der Waals surface area contributed by atoms with Crippen LogP contribution in [0.15, 0.2) is 42.9 Å². The molecule has 0 radical (unpaired) electrons. The van der Waals surface area contributed by atoms with Gasteiger partial charge in [0.05, 0.1) is 4.92 Å². The van der Waals surface area contributed by atoms with E-state index in [1.165, 1.54) is 35.5 Å². The zero-order valence-electron chi connectivity index (χ0n) is 9.06. The fourth-order valence-electron chi connectivity index (χ4n) is 1.18. The summed E-state index contributed by atoms with van der Waals surface area (Å²) in [6.45, 7) is 0. The van der Waals surface area contributed by atoms with Gasteiger partial charge in [0, 0.05) is 34.8 Å².